The highest BCUT2D eigenvalue weighted by atomic mass is 16.3. The third-order valence-electron chi connectivity index (χ3n) is 4.72. The minimum absolute atomic E-state index is 0.0348. The van der Waals surface area contributed by atoms with E-state index in [0.717, 1.165) is 11.3 Å². The Morgan fingerprint density at radius 1 is 1.20 bits per heavy atom. The van der Waals surface area contributed by atoms with Crippen LogP contribution in [0.25, 0.3) is 16.6 Å². The van der Waals surface area contributed by atoms with E-state index in [1.54, 1.807) is 43.7 Å². The van der Waals surface area contributed by atoms with Crippen LogP contribution in [0.1, 0.15) is 27.2 Å². The molecule has 0 bridgehead atoms. The Labute approximate surface area is 144 Å². The average Bonchev–Trinajstić information content (AvgIpc) is 2.81. The molecule has 0 unspecified atom stereocenters. The SMILES string of the molecule is Cc1ccc(O)c(C)c1-n1c(N)c(C(N)=O)c2cc(C)n(C)c2c1=O. The van der Waals surface area contributed by atoms with Crippen LogP contribution in [-0.4, -0.2) is 20.1 Å². The first-order valence-corrected chi connectivity index (χ1v) is 7.76. The summed E-state index contributed by atoms with van der Waals surface area (Å²) < 4.78 is 2.96. The lowest BCUT2D eigenvalue weighted by Crippen LogP contribution is -2.28. The summed E-state index contributed by atoms with van der Waals surface area (Å²) in [4.78, 5) is 25.3. The van der Waals surface area contributed by atoms with Crippen molar-refractivity contribution in [2.75, 3.05) is 5.73 Å². The molecule has 0 saturated carbocycles. The van der Waals surface area contributed by atoms with Crippen LogP contribution in [0.3, 0.4) is 0 Å². The van der Waals surface area contributed by atoms with E-state index in [4.69, 9.17) is 11.5 Å². The number of hydrogen-bond acceptors (Lipinski definition) is 4. The van der Waals surface area contributed by atoms with Gasteiger partial charge >= 0.3 is 0 Å². The first-order chi connectivity index (χ1) is 11.7. The Hall–Kier alpha value is -3.22. The maximum Gasteiger partial charge on any atom is 0.281 e. The maximum absolute atomic E-state index is 13.2. The van der Waals surface area contributed by atoms with Crippen molar-refractivity contribution in [2.24, 2.45) is 12.8 Å². The number of phenols is 1. The zero-order valence-corrected chi connectivity index (χ0v) is 14.5. The summed E-state index contributed by atoms with van der Waals surface area (Å²) in [6.07, 6.45) is 0. The molecule has 0 saturated heterocycles. The van der Waals surface area contributed by atoms with Crippen LogP contribution >= 0.6 is 0 Å². The summed E-state index contributed by atoms with van der Waals surface area (Å²) in [6, 6.07) is 4.96. The number of primary amides is 1. The van der Waals surface area contributed by atoms with Crippen molar-refractivity contribution < 1.29 is 9.90 Å². The van der Waals surface area contributed by atoms with E-state index < -0.39 is 5.91 Å². The van der Waals surface area contributed by atoms with Crippen LogP contribution in [0, 0.1) is 20.8 Å². The molecule has 130 valence electrons. The molecule has 2 heterocycles. The molecule has 0 atom stereocenters. The van der Waals surface area contributed by atoms with E-state index in [2.05, 4.69) is 0 Å². The van der Waals surface area contributed by atoms with Crippen LogP contribution in [0.2, 0.25) is 0 Å². The number of aryl methyl sites for hydroxylation is 3. The molecule has 0 spiro atoms. The predicted octanol–water partition coefficient (Wildman–Crippen LogP) is 1.64. The number of benzene rings is 1. The highest BCUT2D eigenvalue weighted by Gasteiger charge is 2.24. The van der Waals surface area contributed by atoms with Gasteiger partial charge < -0.3 is 21.1 Å². The van der Waals surface area contributed by atoms with E-state index in [9.17, 15) is 14.7 Å². The second-order valence-corrected chi connectivity index (χ2v) is 6.25. The largest absolute Gasteiger partial charge is 0.508 e. The fourth-order valence-corrected chi connectivity index (χ4v) is 3.30. The second-order valence-electron chi connectivity index (χ2n) is 6.25. The van der Waals surface area contributed by atoms with Gasteiger partial charge in [0.1, 0.15) is 17.1 Å². The molecule has 0 aliphatic carbocycles. The monoisotopic (exact) mass is 340 g/mol. The van der Waals surface area contributed by atoms with E-state index in [-0.39, 0.29) is 22.7 Å². The molecule has 0 aliphatic heterocycles. The maximum atomic E-state index is 13.2. The van der Waals surface area contributed by atoms with Crippen LogP contribution in [-0.2, 0) is 7.05 Å². The summed E-state index contributed by atoms with van der Waals surface area (Å²) in [5.41, 5.74) is 14.3. The summed E-state index contributed by atoms with van der Waals surface area (Å²) in [5, 5.41) is 10.5. The van der Waals surface area contributed by atoms with Gasteiger partial charge in [0, 0.05) is 23.7 Å². The van der Waals surface area contributed by atoms with Gasteiger partial charge in [0.2, 0.25) is 0 Å². The summed E-state index contributed by atoms with van der Waals surface area (Å²) >= 11 is 0. The summed E-state index contributed by atoms with van der Waals surface area (Å²) in [5.74, 6) is -0.708. The Kier molecular flexibility index (Phi) is 3.60. The second kappa shape index (κ2) is 5.41. The zero-order chi connectivity index (χ0) is 18.6. The molecule has 3 rings (SSSR count). The Balaban J connectivity index is 2.63. The number of carbonyl (C=O) groups excluding carboxylic acids is 1. The first kappa shape index (κ1) is 16.6. The summed E-state index contributed by atoms with van der Waals surface area (Å²) in [6.45, 7) is 5.32. The number of pyridine rings is 1. The number of nitrogen functional groups attached to an aromatic ring is 1. The Morgan fingerprint density at radius 2 is 1.84 bits per heavy atom. The lowest BCUT2D eigenvalue weighted by atomic mass is 10.1. The summed E-state index contributed by atoms with van der Waals surface area (Å²) in [7, 11) is 1.74. The van der Waals surface area contributed by atoms with Gasteiger partial charge in [0.25, 0.3) is 11.5 Å². The zero-order valence-electron chi connectivity index (χ0n) is 14.5. The standard InChI is InChI=1S/C18H20N4O3/c1-8-5-6-12(23)10(3)14(8)22-16(19)13(17(20)24)11-7-9(2)21(4)15(11)18(22)25/h5-7,23H,19H2,1-4H3,(H2,20,24). The van der Waals surface area contributed by atoms with Crippen molar-refractivity contribution >= 4 is 22.6 Å². The fraction of sp³-hybridized carbons (Fsp3) is 0.222. The lowest BCUT2D eigenvalue weighted by Gasteiger charge is -2.18. The van der Waals surface area contributed by atoms with Crippen molar-refractivity contribution in [2.45, 2.75) is 20.8 Å². The molecular formula is C18H20N4O3. The van der Waals surface area contributed by atoms with Crippen LogP contribution in [0.4, 0.5) is 5.82 Å². The van der Waals surface area contributed by atoms with Gasteiger partial charge in [0.15, 0.2) is 0 Å². The highest BCUT2D eigenvalue weighted by Crippen LogP contribution is 2.31. The smallest absolute Gasteiger partial charge is 0.281 e. The number of aromatic hydroxyl groups is 1. The number of fused-ring (bicyclic) bond motifs is 1. The number of phenolic OH excluding ortho intramolecular Hbond substituents is 1. The van der Waals surface area contributed by atoms with Gasteiger partial charge in [-0.3, -0.25) is 14.2 Å². The van der Waals surface area contributed by atoms with E-state index >= 15 is 0 Å². The first-order valence-electron chi connectivity index (χ1n) is 7.76. The van der Waals surface area contributed by atoms with Gasteiger partial charge in [-0.15, -0.1) is 0 Å². The number of nitrogens with zero attached hydrogens (tertiary/aromatic N) is 2. The predicted molar refractivity (Wildman–Crippen MR) is 97.3 cm³/mol. The average molecular weight is 340 g/mol. The third kappa shape index (κ3) is 2.20. The van der Waals surface area contributed by atoms with Gasteiger partial charge in [-0.1, -0.05) is 6.07 Å². The molecule has 0 radical (unpaired) electrons. The van der Waals surface area contributed by atoms with E-state index in [1.165, 1.54) is 4.57 Å². The van der Waals surface area contributed by atoms with Crippen LogP contribution < -0.4 is 17.0 Å². The fourth-order valence-electron chi connectivity index (χ4n) is 3.30. The minimum Gasteiger partial charge on any atom is -0.508 e. The molecule has 0 fully saturated rings. The lowest BCUT2D eigenvalue weighted by molar-refractivity contribution is 0.100. The highest BCUT2D eigenvalue weighted by molar-refractivity contribution is 6.10. The number of amides is 1. The topological polar surface area (TPSA) is 116 Å². The molecule has 5 N–H and O–H groups in total. The number of carbonyl (C=O) groups is 1. The minimum atomic E-state index is -0.711. The van der Waals surface area contributed by atoms with Crippen molar-refractivity contribution in [1.82, 2.24) is 9.13 Å². The van der Waals surface area contributed by atoms with Crippen LogP contribution in [0.15, 0.2) is 23.0 Å². The van der Waals surface area contributed by atoms with Crippen molar-refractivity contribution in [3.63, 3.8) is 0 Å². The Bertz CT molecular complexity index is 1110. The number of nitrogens with two attached hydrogens (primary N) is 2. The van der Waals surface area contributed by atoms with Gasteiger partial charge in [-0.25, -0.2) is 0 Å². The quantitative estimate of drug-likeness (QED) is 0.657. The molecular weight excluding hydrogens is 320 g/mol. The molecule has 25 heavy (non-hydrogen) atoms. The molecule has 1 aromatic carbocycles. The number of rotatable bonds is 2. The van der Waals surface area contributed by atoms with E-state index in [0.29, 0.717) is 22.2 Å². The molecule has 1 amide bonds. The number of anilines is 1. The third-order valence-corrected chi connectivity index (χ3v) is 4.72. The molecule has 7 heteroatoms. The molecule has 2 aromatic heterocycles. The van der Waals surface area contributed by atoms with Crippen molar-refractivity contribution in [3.8, 4) is 11.4 Å². The normalized spacial score (nSPS) is 11.2. The van der Waals surface area contributed by atoms with E-state index in [1.807, 2.05) is 6.92 Å². The van der Waals surface area contributed by atoms with Crippen LogP contribution in [0.5, 0.6) is 5.75 Å². The molecule has 0 aliphatic rings. The van der Waals surface area contributed by atoms with Gasteiger partial charge in [-0.2, -0.15) is 0 Å². The van der Waals surface area contributed by atoms with Crippen molar-refractivity contribution in [1.29, 1.82) is 0 Å². The Morgan fingerprint density at radius 3 is 2.44 bits per heavy atom. The molecule has 7 nitrogen and oxygen atoms in total. The van der Waals surface area contributed by atoms with Gasteiger partial charge in [0.05, 0.1) is 11.3 Å². The molecule has 3 aromatic rings. The number of aromatic nitrogens is 2. The van der Waals surface area contributed by atoms with Crippen molar-refractivity contribution in [3.05, 3.63) is 50.9 Å². The number of hydrogen-bond donors (Lipinski definition) is 3. The van der Waals surface area contributed by atoms with Gasteiger partial charge in [-0.05, 0) is 38.5 Å².